The van der Waals surface area contributed by atoms with Gasteiger partial charge >= 0.3 is 5.97 Å². The van der Waals surface area contributed by atoms with Gasteiger partial charge in [-0.25, -0.2) is 4.98 Å². The van der Waals surface area contributed by atoms with E-state index in [-0.39, 0.29) is 41.5 Å². The summed E-state index contributed by atoms with van der Waals surface area (Å²) in [6, 6.07) is 0. The Morgan fingerprint density at radius 2 is 2.19 bits per heavy atom. The molecule has 0 bridgehead atoms. The Labute approximate surface area is 161 Å². The van der Waals surface area contributed by atoms with Crippen LogP contribution in [0.3, 0.4) is 0 Å². The fraction of sp³-hybridized carbons (Fsp3) is 0.722. The number of esters is 1. The molecule has 1 aliphatic heterocycles. The van der Waals surface area contributed by atoms with Crippen LogP contribution in [0.1, 0.15) is 33.6 Å². The Hall–Kier alpha value is -1.25. The number of ether oxygens (including phenoxy) is 2. The molecule has 2 heterocycles. The van der Waals surface area contributed by atoms with E-state index in [1.54, 1.807) is 23.3 Å². The minimum Gasteiger partial charge on any atom is -0.467 e. The second-order valence-electron chi connectivity index (χ2n) is 8.57. The highest BCUT2D eigenvalue weighted by molar-refractivity contribution is 7.80. The first-order valence-corrected chi connectivity index (χ1v) is 12.4. The normalized spacial score (nSPS) is 29.5. The van der Waals surface area contributed by atoms with E-state index in [2.05, 4.69) is 38.8 Å². The molecule has 8 heteroatoms. The molecular weight excluding hydrogens is 368 g/mol. The Morgan fingerprint density at radius 1 is 1.46 bits per heavy atom. The number of imidazole rings is 1. The van der Waals surface area contributed by atoms with Gasteiger partial charge in [0.1, 0.15) is 18.5 Å². The number of fused-ring (bicyclic) bond motifs is 1. The Kier molecular flexibility index (Phi) is 5.55. The lowest BCUT2D eigenvalue weighted by molar-refractivity contribution is -0.141. The second kappa shape index (κ2) is 7.40. The highest BCUT2D eigenvalue weighted by Crippen LogP contribution is 2.48. The number of thiocarbonyl (C=S) groups is 1. The first kappa shape index (κ1) is 19.5. The molecule has 0 N–H and O–H groups in total. The van der Waals surface area contributed by atoms with Gasteiger partial charge in [-0.15, -0.1) is 0 Å². The van der Waals surface area contributed by atoms with Crippen molar-refractivity contribution in [2.75, 3.05) is 0 Å². The first-order valence-electron chi connectivity index (χ1n) is 9.20. The standard InChI is InChI=1S/C18H28N2O4SSi/c1-18(2,3)16(24-26(4)5)15-11-8-14(21)22-12(11)9-13(15)23-17(25)20-7-6-19-10-20/h6-7,10-13,15-16,26H,8-9H2,1-5H3/t11-,12-,13+,15+,16?/m0/s1. The summed E-state index contributed by atoms with van der Waals surface area (Å²) in [5.74, 6) is 0.0768. The molecule has 0 spiro atoms. The predicted octanol–water partition coefficient (Wildman–Crippen LogP) is 2.77. The molecular formula is C18H28N2O4SSi. The van der Waals surface area contributed by atoms with Crippen molar-refractivity contribution >= 4 is 32.4 Å². The van der Waals surface area contributed by atoms with Gasteiger partial charge in [0, 0.05) is 30.7 Å². The molecule has 26 heavy (non-hydrogen) atoms. The van der Waals surface area contributed by atoms with Gasteiger partial charge in [0.15, 0.2) is 9.04 Å². The van der Waals surface area contributed by atoms with Gasteiger partial charge in [0.05, 0.1) is 12.5 Å². The Balaban J connectivity index is 1.87. The molecule has 0 radical (unpaired) electrons. The molecule has 1 aromatic rings. The van der Waals surface area contributed by atoms with Crippen LogP contribution in [-0.4, -0.2) is 48.0 Å². The molecule has 144 valence electrons. The summed E-state index contributed by atoms with van der Waals surface area (Å²) in [4.78, 5) is 15.9. The second-order valence-corrected chi connectivity index (χ2v) is 11.3. The van der Waals surface area contributed by atoms with E-state index in [9.17, 15) is 4.79 Å². The van der Waals surface area contributed by atoms with E-state index in [1.807, 2.05) is 0 Å². The van der Waals surface area contributed by atoms with Crippen LogP contribution in [0, 0.1) is 17.3 Å². The highest BCUT2D eigenvalue weighted by Gasteiger charge is 2.56. The quantitative estimate of drug-likeness (QED) is 0.443. The SMILES string of the molecule is C[SiH](C)OC([C@@H]1[C@H]2CC(=O)O[C@H]2C[C@H]1OC(=S)n1ccnc1)C(C)(C)C. The topological polar surface area (TPSA) is 62.6 Å². The summed E-state index contributed by atoms with van der Waals surface area (Å²) in [6.07, 6.45) is 5.92. The maximum atomic E-state index is 11.9. The van der Waals surface area contributed by atoms with Gasteiger partial charge in [0.25, 0.3) is 5.17 Å². The number of aromatic nitrogens is 2. The van der Waals surface area contributed by atoms with Crippen molar-refractivity contribution in [1.29, 1.82) is 0 Å². The smallest absolute Gasteiger partial charge is 0.306 e. The van der Waals surface area contributed by atoms with Crippen LogP contribution in [-0.2, 0) is 18.7 Å². The van der Waals surface area contributed by atoms with Crippen molar-refractivity contribution < 1.29 is 18.7 Å². The van der Waals surface area contributed by atoms with E-state index >= 15 is 0 Å². The summed E-state index contributed by atoms with van der Waals surface area (Å²) in [5, 5.41) is 0.373. The van der Waals surface area contributed by atoms with Crippen molar-refractivity contribution in [3.05, 3.63) is 18.7 Å². The van der Waals surface area contributed by atoms with Gasteiger partial charge < -0.3 is 13.9 Å². The van der Waals surface area contributed by atoms with Crippen LogP contribution in [0.4, 0.5) is 0 Å². The lowest BCUT2D eigenvalue weighted by Crippen LogP contribution is -2.46. The van der Waals surface area contributed by atoms with Gasteiger partial charge in [-0.1, -0.05) is 20.8 Å². The fourth-order valence-electron chi connectivity index (χ4n) is 4.17. The van der Waals surface area contributed by atoms with Crippen LogP contribution in [0.15, 0.2) is 18.7 Å². The van der Waals surface area contributed by atoms with Crippen LogP contribution in [0.2, 0.25) is 13.1 Å². The summed E-state index contributed by atoms with van der Waals surface area (Å²) < 4.78 is 19.9. The van der Waals surface area contributed by atoms with E-state index in [4.69, 9.17) is 26.1 Å². The van der Waals surface area contributed by atoms with Gasteiger partial charge in [-0.2, -0.15) is 0 Å². The highest BCUT2D eigenvalue weighted by atomic mass is 32.1. The van der Waals surface area contributed by atoms with E-state index in [0.717, 1.165) is 0 Å². The monoisotopic (exact) mass is 396 g/mol. The number of carbonyl (C=O) groups is 1. The van der Waals surface area contributed by atoms with E-state index in [0.29, 0.717) is 18.0 Å². The van der Waals surface area contributed by atoms with E-state index < -0.39 is 9.04 Å². The number of carbonyl (C=O) groups excluding carboxylic acids is 1. The number of hydrogen-bond acceptors (Lipinski definition) is 6. The number of rotatable bonds is 4. The molecule has 1 aliphatic carbocycles. The zero-order valence-electron chi connectivity index (χ0n) is 16.0. The summed E-state index contributed by atoms with van der Waals surface area (Å²) >= 11 is 5.45. The summed E-state index contributed by atoms with van der Waals surface area (Å²) in [6.45, 7) is 10.9. The maximum absolute atomic E-state index is 11.9. The molecule has 3 rings (SSSR count). The zero-order chi connectivity index (χ0) is 19.1. The van der Waals surface area contributed by atoms with Crippen molar-refractivity contribution in [2.24, 2.45) is 17.3 Å². The molecule has 0 aromatic carbocycles. The third-order valence-corrected chi connectivity index (χ3v) is 6.28. The molecule has 5 atom stereocenters. The molecule has 6 nitrogen and oxygen atoms in total. The lowest BCUT2D eigenvalue weighted by atomic mass is 9.75. The summed E-state index contributed by atoms with van der Waals surface area (Å²) in [5.41, 5.74) is -0.0688. The first-order chi connectivity index (χ1) is 12.2. The predicted molar refractivity (Wildman–Crippen MR) is 104 cm³/mol. The number of hydrogen-bond donors (Lipinski definition) is 0. The minimum absolute atomic E-state index is 0.00532. The Morgan fingerprint density at radius 3 is 2.77 bits per heavy atom. The van der Waals surface area contributed by atoms with Crippen molar-refractivity contribution in [1.82, 2.24) is 9.55 Å². The van der Waals surface area contributed by atoms with Gasteiger partial charge in [-0.05, 0) is 30.7 Å². The van der Waals surface area contributed by atoms with Gasteiger partial charge in [0.2, 0.25) is 0 Å². The van der Waals surface area contributed by atoms with Crippen molar-refractivity contribution in [2.45, 2.75) is 65.0 Å². The third kappa shape index (κ3) is 4.02. The average molecular weight is 397 g/mol. The van der Waals surface area contributed by atoms with Crippen LogP contribution < -0.4 is 0 Å². The fourth-order valence-corrected chi connectivity index (χ4v) is 5.57. The van der Waals surface area contributed by atoms with Crippen molar-refractivity contribution in [3.8, 4) is 0 Å². The average Bonchev–Trinajstić information content (AvgIpc) is 3.20. The Bertz CT molecular complexity index is 659. The van der Waals surface area contributed by atoms with Crippen molar-refractivity contribution in [3.63, 3.8) is 0 Å². The molecule has 1 saturated heterocycles. The van der Waals surface area contributed by atoms with Crippen LogP contribution in [0.25, 0.3) is 0 Å². The zero-order valence-corrected chi connectivity index (χ0v) is 18.0. The lowest BCUT2D eigenvalue weighted by Gasteiger charge is -2.41. The summed E-state index contributed by atoms with van der Waals surface area (Å²) in [7, 11) is -1.28. The minimum atomic E-state index is -1.28. The molecule has 1 aromatic heterocycles. The van der Waals surface area contributed by atoms with Crippen LogP contribution in [0.5, 0.6) is 0 Å². The molecule has 2 aliphatic rings. The largest absolute Gasteiger partial charge is 0.467 e. The van der Waals surface area contributed by atoms with Gasteiger partial charge in [-0.3, -0.25) is 9.36 Å². The molecule has 1 saturated carbocycles. The van der Waals surface area contributed by atoms with Crippen LogP contribution >= 0.6 is 12.2 Å². The number of nitrogens with zero attached hydrogens (tertiary/aromatic N) is 2. The molecule has 1 unspecified atom stereocenters. The molecule has 2 fully saturated rings. The molecule has 0 amide bonds. The maximum Gasteiger partial charge on any atom is 0.306 e. The third-order valence-electron chi connectivity index (χ3n) is 5.14. The van der Waals surface area contributed by atoms with E-state index in [1.165, 1.54) is 0 Å².